The zero-order valence-electron chi connectivity index (χ0n) is 44.3. The van der Waals surface area contributed by atoms with Crippen molar-refractivity contribution < 1.29 is 28.5 Å². The molecular formula is C66H80Br2O6. The molecule has 4 aromatic rings. The van der Waals surface area contributed by atoms with Gasteiger partial charge >= 0.3 is 11.9 Å². The fourth-order valence-electron chi connectivity index (χ4n) is 12.6. The molecule has 8 rings (SSSR count). The second-order valence-corrected chi connectivity index (χ2v) is 24.1. The molecule has 0 heterocycles. The lowest BCUT2D eigenvalue weighted by molar-refractivity contribution is -0.0204. The number of hydrogen-bond donors (Lipinski definition) is 0. The van der Waals surface area contributed by atoms with Gasteiger partial charge < -0.3 is 18.9 Å². The third-order valence-electron chi connectivity index (χ3n) is 17.1. The first-order valence-electron chi connectivity index (χ1n) is 28.6. The summed E-state index contributed by atoms with van der Waals surface area (Å²) < 4.78 is 27.0. The molecule has 0 unspecified atom stereocenters. The van der Waals surface area contributed by atoms with Gasteiger partial charge in [0.05, 0.1) is 24.3 Å². The van der Waals surface area contributed by atoms with E-state index in [1.807, 2.05) is 97.1 Å². The fraction of sp³-hybridized carbons (Fsp3) is 0.545. The quantitative estimate of drug-likeness (QED) is 0.0529. The van der Waals surface area contributed by atoms with Gasteiger partial charge in [0.15, 0.2) is 11.2 Å². The lowest BCUT2D eigenvalue weighted by Gasteiger charge is -2.41. The minimum absolute atomic E-state index is 0.328. The van der Waals surface area contributed by atoms with Crippen LogP contribution in [0, 0.1) is 59.2 Å². The van der Waals surface area contributed by atoms with E-state index in [2.05, 4.69) is 69.4 Å². The number of benzene rings is 4. The lowest BCUT2D eigenvalue weighted by Crippen LogP contribution is -2.39. The molecule has 4 saturated carbocycles. The molecule has 394 valence electrons. The topological polar surface area (TPSA) is 71.1 Å². The molecule has 0 aliphatic heterocycles. The summed E-state index contributed by atoms with van der Waals surface area (Å²) in [5.41, 5.74) is 1.28. The Kier molecular flexibility index (Phi) is 21.1. The van der Waals surface area contributed by atoms with Gasteiger partial charge in [-0.1, -0.05) is 109 Å². The number of unbranched alkanes of at least 4 members (excludes halogenated alkanes) is 3. The third kappa shape index (κ3) is 16.5. The number of ether oxygens (including phenoxy) is 4. The highest BCUT2D eigenvalue weighted by molar-refractivity contribution is 9.10. The third-order valence-corrected chi connectivity index (χ3v) is 18.1. The maximum absolute atomic E-state index is 13.7. The number of esters is 2. The predicted molar refractivity (Wildman–Crippen MR) is 305 cm³/mol. The van der Waals surface area contributed by atoms with E-state index in [1.54, 1.807) is 0 Å². The van der Waals surface area contributed by atoms with Crippen molar-refractivity contribution in [1.82, 2.24) is 0 Å². The molecule has 4 fully saturated rings. The van der Waals surface area contributed by atoms with Gasteiger partial charge in [0, 0.05) is 20.1 Å². The Morgan fingerprint density at radius 3 is 1.14 bits per heavy atom. The molecule has 4 aliphatic rings. The minimum Gasteiger partial charge on any atom is -0.494 e. The summed E-state index contributed by atoms with van der Waals surface area (Å²) in [6, 6.07) is 30.7. The highest BCUT2D eigenvalue weighted by atomic mass is 79.9. The number of carbonyl (C=O) groups is 2. The van der Waals surface area contributed by atoms with Crippen molar-refractivity contribution in [3.8, 4) is 35.2 Å². The van der Waals surface area contributed by atoms with Crippen LogP contribution in [-0.2, 0) is 9.47 Å². The van der Waals surface area contributed by atoms with E-state index in [0.717, 1.165) is 132 Å². The Balaban J connectivity index is 0.746. The Hall–Kier alpha value is -4.50. The molecule has 0 amide bonds. The van der Waals surface area contributed by atoms with Crippen molar-refractivity contribution in [2.24, 2.45) is 35.5 Å². The van der Waals surface area contributed by atoms with Gasteiger partial charge in [-0.2, -0.15) is 0 Å². The molecule has 4 aliphatic carbocycles. The molecular weight excluding hydrogens is 1050 g/mol. The molecule has 0 N–H and O–H groups in total. The van der Waals surface area contributed by atoms with Gasteiger partial charge in [0.25, 0.3) is 0 Å². The first-order valence-corrected chi connectivity index (χ1v) is 30.2. The van der Waals surface area contributed by atoms with Crippen LogP contribution in [0.5, 0.6) is 11.5 Å². The van der Waals surface area contributed by atoms with Crippen LogP contribution in [0.15, 0.2) is 106 Å². The Labute approximate surface area is 460 Å². The molecule has 0 saturated heterocycles. The zero-order valence-corrected chi connectivity index (χ0v) is 47.5. The van der Waals surface area contributed by atoms with Gasteiger partial charge in [-0.25, -0.2) is 9.59 Å². The van der Waals surface area contributed by atoms with Gasteiger partial charge in [-0.3, -0.25) is 0 Å². The monoisotopic (exact) mass is 1130 g/mol. The second-order valence-electron chi connectivity index (χ2n) is 22.3. The number of hydrogen-bond acceptors (Lipinski definition) is 6. The van der Waals surface area contributed by atoms with E-state index >= 15 is 0 Å². The maximum Gasteiger partial charge on any atom is 0.339 e. The van der Waals surface area contributed by atoms with Crippen LogP contribution in [-0.4, -0.2) is 36.4 Å². The van der Waals surface area contributed by atoms with Crippen LogP contribution < -0.4 is 9.47 Å². The molecule has 0 atom stereocenters. The van der Waals surface area contributed by atoms with Gasteiger partial charge in [0.2, 0.25) is 0 Å². The first kappa shape index (κ1) is 55.7. The lowest BCUT2D eigenvalue weighted by atomic mass is 9.67. The van der Waals surface area contributed by atoms with E-state index < -0.39 is 11.2 Å². The van der Waals surface area contributed by atoms with Crippen molar-refractivity contribution in [2.75, 3.05) is 13.2 Å². The van der Waals surface area contributed by atoms with Crippen molar-refractivity contribution >= 4 is 43.8 Å². The molecule has 6 nitrogen and oxygen atoms in total. The van der Waals surface area contributed by atoms with Crippen molar-refractivity contribution in [3.63, 3.8) is 0 Å². The summed E-state index contributed by atoms with van der Waals surface area (Å²) in [5.74, 6) is 19.2. The van der Waals surface area contributed by atoms with Gasteiger partial charge in [-0.05, 0) is 247 Å². The van der Waals surface area contributed by atoms with Gasteiger partial charge in [0.1, 0.15) is 11.5 Å². The average molecular weight is 1130 g/mol. The second kappa shape index (κ2) is 28.0. The normalized spacial score (nSPS) is 25.8. The first-order chi connectivity index (χ1) is 36.1. The van der Waals surface area contributed by atoms with Crippen molar-refractivity contribution in [2.45, 2.75) is 179 Å². The summed E-state index contributed by atoms with van der Waals surface area (Å²) in [7, 11) is 0. The SMILES string of the molecule is CCCC1CCC(C2CCC(C#Cc3ccc(Br)cc3)(OC(=O)c3ccc(OCCCCCCOc4ccc(C(=O)OC5(C#Cc6ccc(Br)cc6)CCC(C6CCC(CCC)CC6)CC5)cc4)cc3)CC2)CC1. The van der Waals surface area contributed by atoms with E-state index in [0.29, 0.717) is 36.2 Å². The molecule has 4 aromatic carbocycles. The highest BCUT2D eigenvalue weighted by Crippen LogP contribution is 2.46. The predicted octanol–water partition coefficient (Wildman–Crippen LogP) is 17.7. The van der Waals surface area contributed by atoms with Crippen molar-refractivity contribution in [3.05, 3.63) is 128 Å². The molecule has 0 radical (unpaired) electrons. The summed E-state index contributed by atoms with van der Waals surface area (Å²) in [4.78, 5) is 27.4. The molecule has 0 aromatic heterocycles. The van der Waals surface area contributed by atoms with Crippen molar-refractivity contribution in [1.29, 1.82) is 0 Å². The van der Waals surface area contributed by atoms with Crippen LogP contribution >= 0.6 is 31.9 Å². The highest BCUT2D eigenvalue weighted by Gasteiger charge is 2.42. The van der Waals surface area contributed by atoms with Crippen LogP contribution in [0.3, 0.4) is 0 Å². The van der Waals surface area contributed by atoms with Crippen LogP contribution in [0.25, 0.3) is 0 Å². The molecule has 8 heteroatoms. The smallest absolute Gasteiger partial charge is 0.339 e. The van der Waals surface area contributed by atoms with E-state index in [-0.39, 0.29) is 11.9 Å². The summed E-state index contributed by atoms with van der Waals surface area (Å²) in [5, 5.41) is 0. The number of halogens is 2. The number of carbonyl (C=O) groups excluding carboxylic acids is 2. The summed E-state index contributed by atoms with van der Waals surface area (Å²) >= 11 is 7.05. The zero-order chi connectivity index (χ0) is 51.6. The Bertz CT molecular complexity index is 2300. The Morgan fingerprint density at radius 1 is 0.459 bits per heavy atom. The minimum atomic E-state index is -0.797. The number of rotatable bonds is 19. The molecule has 74 heavy (non-hydrogen) atoms. The maximum atomic E-state index is 13.7. The van der Waals surface area contributed by atoms with Crippen LogP contribution in [0.4, 0.5) is 0 Å². The van der Waals surface area contributed by atoms with E-state index in [9.17, 15) is 9.59 Å². The van der Waals surface area contributed by atoms with Crippen LogP contribution in [0.1, 0.15) is 200 Å². The largest absolute Gasteiger partial charge is 0.494 e. The average Bonchev–Trinajstić information content (AvgIpc) is 3.43. The summed E-state index contributed by atoms with van der Waals surface area (Å²) in [6.45, 7) is 5.80. The summed E-state index contributed by atoms with van der Waals surface area (Å²) in [6.07, 6.45) is 27.2. The van der Waals surface area contributed by atoms with E-state index in [4.69, 9.17) is 18.9 Å². The van der Waals surface area contributed by atoms with Crippen LogP contribution in [0.2, 0.25) is 0 Å². The van der Waals surface area contributed by atoms with E-state index in [1.165, 1.54) is 77.0 Å². The van der Waals surface area contributed by atoms with Gasteiger partial charge in [-0.15, -0.1) is 0 Å². The fourth-order valence-corrected chi connectivity index (χ4v) is 13.1. The molecule has 0 bridgehead atoms. The molecule has 0 spiro atoms. The standard InChI is InChI=1S/C66H80Br2O6/c1-3-9-49-11-19-53(20-12-49)55-37-43-65(44-38-55,41-35-51-15-27-59(67)28-16-51)73-63(69)57-23-31-61(32-24-57)71-47-7-5-6-8-48-72-62-33-25-58(26-34-62)64(70)74-66(42-36-52-17-29-60(68)30-18-52)45-39-56(40-46-66)54-21-13-50(10-4-2)14-22-54/h15-18,23-34,49-50,53-56H,3-14,19-22,37-40,43-48H2,1-2H3. The Morgan fingerprint density at radius 2 is 0.797 bits per heavy atom.